The topological polar surface area (TPSA) is 220 Å². The molecule has 0 heterocycles. The molecule has 15 nitrogen and oxygen atoms in total. The second kappa shape index (κ2) is 22.9. The molecule has 0 aromatic carbocycles. The molecule has 2 unspecified atom stereocenters. The fourth-order valence-electron chi connectivity index (χ4n) is 3.57. The average molecular weight is 620 g/mol. The lowest BCUT2D eigenvalue weighted by Crippen LogP contribution is -2.45. The van der Waals surface area contributed by atoms with Crippen LogP contribution in [0.4, 0.5) is 18.8 Å². The molecule has 5 amide bonds. The summed E-state index contributed by atoms with van der Waals surface area (Å²) in [7, 11) is 0. The summed E-state index contributed by atoms with van der Waals surface area (Å²) in [5.41, 5.74) is -0.741. The van der Waals surface area contributed by atoms with E-state index in [1.54, 1.807) is 27.7 Å². The molecule has 0 saturated carbocycles. The van der Waals surface area contributed by atoms with Gasteiger partial charge >= 0.3 is 18.3 Å². The van der Waals surface area contributed by atoms with E-state index in [-0.39, 0.29) is 25.1 Å². The minimum atomic E-state index is -2.27. The van der Waals surface area contributed by atoms with Crippen molar-refractivity contribution in [1.82, 2.24) is 31.9 Å². The molecule has 0 aliphatic carbocycles. The summed E-state index contributed by atoms with van der Waals surface area (Å²) < 4.78 is 19.2. The maximum Gasteiger partial charge on any atom is 0.414 e. The van der Waals surface area contributed by atoms with Gasteiger partial charge in [-0.3, -0.25) is 25.2 Å². The number of alkyl carbamates (subject to hydrolysis) is 1. The summed E-state index contributed by atoms with van der Waals surface area (Å²) in [4.78, 5) is 61.1. The lowest BCUT2D eigenvalue weighted by molar-refractivity contribution is -0.136. The molecule has 0 fully saturated rings. The van der Waals surface area contributed by atoms with Crippen LogP contribution in [0.25, 0.3) is 0 Å². The molecular formula is C27H50FN7O8. The Morgan fingerprint density at radius 3 is 1.86 bits per heavy atom. The van der Waals surface area contributed by atoms with E-state index in [2.05, 4.69) is 31.6 Å². The van der Waals surface area contributed by atoms with Gasteiger partial charge in [-0.1, -0.05) is 25.7 Å². The van der Waals surface area contributed by atoms with Crippen LogP contribution in [-0.4, -0.2) is 96.8 Å². The fraction of sp³-hybridized carbons (Fsp3) is 0.778. The number of guanidine groups is 1. The van der Waals surface area contributed by atoms with Crippen molar-refractivity contribution < 1.29 is 43.3 Å². The van der Waals surface area contributed by atoms with Gasteiger partial charge in [-0.2, -0.15) is 0 Å². The molecule has 0 bridgehead atoms. The molecule has 0 aromatic heterocycles. The molecule has 43 heavy (non-hydrogen) atoms. The molecule has 0 aliphatic heterocycles. The second-order valence-corrected chi connectivity index (χ2v) is 10.9. The van der Waals surface area contributed by atoms with E-state index in [9.17, 15) is 28.4 Å². The number of carbonyl (C=O) groups excluding carboxylic acids is 3. The molecule has 0 radical (unpaired) electrons. The summed E-state index contributed by atoms with van der Waals surface area (Å²) >= 11 is 0. The van der Waals surface area contributed by atoms with E-state index in [1.807, 2.05) is 5.32 Å². The molecule has 0 aromatic rings. The molecule has 0 aliphatic rings. The zero-order valence-corrected chi connectivity index (χ0v) is 25.7. The van der Waals surface area contributed by atoms with Gasteiger partial charge < -0.3 is 36.2 Å². The summed E-state index contributed by atoms with van der Waals surface area (Å²) in [6.45, 7) is 8.92. The molecule has 0 saturated heterocycles. The number of carboxylic acid groups (broad SMARTS) is 2. The minimum absolute atomic E-state index is 0.155. The van der Waals surface area contributed by atoms with Gasteiger partial charge in [0.2, 0.25) is 5.96 Å². The van der Waals surface area contributed by atoms with Crippen molar-refractivity contribution in [3.8, 4) is 0 Å². The van der Waals surface area contributed by atoms with Gasteiger partial charge in [0.25, 0.3) is 18.0 Å². The highest BCUT2D eigenvalue weighted by atomic mass is 19.1. The first-order valence-corrected chi connectivity index (χ1v) is 14.6. The summed E-state index contributed by atoms with van der Waals surface area (Å²) in [6.07, 6.45) is 1.10. The van der Waals surface area contributed by atoms with Gasteiger partial charge in [0.05, 0.1) is 0 Å². The van der Waals surface area contributed by atoms with Crippen LogP contribution in [0.5, 0.6) is 0 Å². The van der Waals surface area contributed by atoms with Gasteiger partial charge in [-0.15, -0.1) is 0 Å². The van der Waals surface area contributed by atoms with E-state index in [0.29, 0.717) is 45.3 Å². The maximum atomic E-state index is 14.1. The van der Waals surface area contributed by atoms with Crippen LogP contribution < -0.4 is 31.9 Å². The van der Waals surface area contributed by atoms with Gasteiger partial charge in [0.1, 0.15) is 5.60 Å². The molecule has 8 N–H and O–H groups in total. The van der Waals surface area contributed by atoms with Crippen LogP contribution >= 0.6 is 0 Å². The first-order valence-electron chi connectivity index (χ1n) is 14.6. The Bertz CT molecular complexity index is 899. The van der Waals surface area contributed by atoms with Crippen LogP contribution in [0.2, 0.25) is 0 Å². The maximum absolute atomic E-state index is 14.1. The van der Waals surface area contributed by atoms with E-state index < -0.39 is 41.9 Å². The average Bonchev–Trinajstić information content (AvgIpc) is 2.88. The fourth-order valence-corrected chi connectivity index (χ4v) is 3.57. The van der Waals surface area contributed by atoms with E-state index in [4.69, 9.17) is 14.9 Å². The Kier molecular flexibility index (Phi) is 20.9. The van der Waals surface area contributed by atoms with Crippen molar-refractivity contribution in [1.29, 1.82) is 0 Å². The number of rotatable bonds is 20. The monoisotopic (exact) mass is 619 g/mol. The Labute approximate surface area is 252 Å². The highest BCUT2D eigenvalue weighted by Gasteiger charge is 2.25. The Morgan fingerprint density at radius 2 is 1.30 bits per heavy atom. The number of halogens is 1. The summed E-state index contributed by atoms with van der Waals surface area (Å²) in [5.74, 6) is -2.14. The molecule has 0 spiro atoms. The number of carbonyl (C=O) groups is 5. The number of hydrogen-bond acceptors (Lipinski definition) is 8. The predicted octanol–water partition coefficient (Wildman–Crippen LogP) is 2.46. The third-order valence-corrected chi connectivity index (χ3v) is 5.66. The largest absolute Gasteiger partial charge is 0.465 e. The van der Waals surface area contributed by atoms with Crippen molar-refractivity contribution >= 4 is 36.1 Å². The number of ether oxygens (including phenoxy) is 1. The third-order valence-electron chi connectivity index (χ3n) is 5.66. The van der Waals surface area contributed by atoms with Crippen molar-refractivity contribution in [2.45, 2.75) is 103 Å². The van der Waals surface area contributed by atoms with Crippen molar-refractivity contribution in [3.63, 3.8) is 0 Å². The molecule has 0 rings (SSSR count). The number of amides is 5. The number of nitrogens with zero attached hydrogens (tertiary/aromatic N) is 1. The number of nitrogens with one attached hydrogen (secondary N) is 6. The van der Waals surface area contributed by atoms with E-state index in [1.165, 1.54) is 0 Å². The first kappa shape index (κ1) is 39.3. The van der Waals surface area contributed by atoms with E-state index >= 15 is 0 Å². The number of hydrogen-bond donors (Lipinski definition) is 8. The molecule has 2 atom stereocenters. The van der Waals surface area contributed by atoms with E-state index in [0.717, 1.165) is 32.1 Å². The van der Waals surface area contributed by atoms with Crippen LogP contribution in [-0.2, 0) is 14.3 Å². The quantitative estimate of drug-likeness (QED) is 0.0433. The van der Waals surface area contributed by atoms with Gasteiger partial charge in [0.15, 0.2) is 0 Å². The molecule has 16 heteroatoms. The van der Waals surface area contributed by atoms with Crippen molar-refractivity contribution in [2.24, 2.45) is 4.99 Å². The summed E-state index contributed by atoms with van der Waals surface area (Å²) in [6, 6.07) is -0.155. The standard InChI is InChI=1S/C27H50FN7O8/c1-19(33-24(38)39)13-18-29-14-11-12-16-31-22(37)20(28)21(36)30-15-9-7-5-6-8-10-17-32-23(34-25(40)41)35-26(42)43-27(2,3)4/h19-20,29,33H,5-18H2,1-4H3,(H,30,36)(H,31,37)(H,38,39)(H,40,41)(H2,32,34,35,42). The Balaban J connectivity index is 3.90. The number of aliphatic imine (C=N–C) groups is 1. The van der Waals surface area contributed by atoms with Gasteiger partial charge in [-0.05, 0) is 72.9 Å². The van der Waals surface area contributed by atoms with Crippen LogP contribution in [0, 0.1) is 0 Å². The number of alkyl halides is 1. The first-order chi connectivity index (χ1) is 20.2. The normalized spacial score (nSPS) is 12.9. The Hall–Kier alpha value is -3.69. The van der Waals surface area contributed by atoms with Crippen LogP contribution in [0.15, 0.2) is 4.99 Å². The zero-order valence-electron chi connectivity index (χ0n) is 25.7. The second-order valence-electron chi connectivity index (χ2n) is 10.9. The minimum Gasteiger partial charge on any atom is -0.465 e. The predicted molar refractivity (Wildman–Crippen MR) is 159 cm³/mol. The van der Waals surface area contributed by atoms with Gasteiger partial charge in [0, 0.05) is 25.7 Å². The van der Waals surface area contributed by atoms with Crippen molar-refractivity contribution in [2.75, 3.05) is 32.7 Å². The SMILES string of the molecule is CC(CCNCCCCNC(=O)C(F)C(=O)NCCCCCCCCN=C(NC(=O)O)NC(=O)OC(C)(C)C)NC(=O)O. The highest BCUT2D eigenvalue weighted by molar-refractivity contribution is 6.03. The third kappa shape index (κ3) is 24.6. The smallest absolute Gasteiger partial charge is 0.414 e. The number of unbranched alkanes of at least 4 members (excludes halogenated alkanes) is 6. The molecule has 248 valence electrons. The molecular weight excluding hydrogens is 569 g/mol. The highest BCUT2D eigenvalue weighted by Crippen LogP contribution is 2.07. The van der Waals surface area contributed by atoms with Crippen molar-refractivity contribution in [3.05, 3.63) is 0 Å². The zero-order chi connectivity index (χ0) is 32.7. The van der Waals surface area contributed by atoms with Crippen LogP contribution in [0.1, 0.15) is 85.5 Å². The van der Waals surface area contributed by atoms with Crippen LogP contribution in [0.3, 0.4) is 0 Å². The Morgan fingerprint density at radius 1 is 0.767 bits per heavy atom. The summed E-state index contributed by atoms with van der Waals surface area (Å²) in [5, 5.41) is 32.2. The lowest BCUT2D eigenvalue weighted by Gasteiger charge is -2.20. The lowest BCUT2D eigenvalue weighted by atomic mass is 10.1. The van der Waals surface area contributed by atoms with Gasteiger partial charge in [-0.25, -0.2) is 18.8 Å².